The van der Waals surface area contributed by atoms with E-state index in [9.17, 15) is 53.4 Å². The van der Waals surface area contributed by atoms with Gasteiger partial charge >= 0.3 is 47.8 Å². The molecule has 3 saturated carbocycles. The van der Waals surface area contributed by atoms with E-state index < -0.39 is 59.9 Å². The number of ether oxygens (including phenoxy) is 6. The molecule has 0 aromatic heterocycles. The van der Waals surface area contributed by atoms with Crippen LogP contribution in [0.4, 0.5) is 0 Å². The molecular formula is C86H115NO18. The molecule has 2 N–H and O–H groups in total. The first kappa shape index (κ1) is 86.8. The van der Waals surface area contributed by atoms with Gasteiger partial charge in [0, 0.05) is 35.6 Å². The van der Waals surface area contributed by atoms with E-state index in [4.69, 9.17) is 28.5 Å². The van der Waals surface area contributed by atoms with E-state index >= 15 is 0 Å². The van der Waals surface area contributed by atoms with E-state index in [1.807, 2.05) is 71.0 Å². The van der Waals surface area contributed by atoms with Crippen LogP contribution in [-0.4, -0.2) is 114 Å². The van der Waals surface area contributed by atoms with Crippen LogP contribution >= 0.6 is 0 Å². The molecule has 9 rings (SSSR count). The van der Waals surface area contributed by atoms with Gasteiger partial charge in [-0.05, 0) is 167 Å². The molecule has 19 nitrogen and oxygen atoms in total. The van der Waals surface area contributed by atoms with Crippen molar-refractivity contribution in [1.29, 1.82) is 0 Å². The first-order valence-corrected chi connectivity index (χ1v) is 37.6. The molecule has 5 aliphatic carbocycles. The molecular weight excluding hydrogens is 1330 g/mol. The summed E-state index contributed by atoms with van der Waals surface area (Å²) in [6.45, 7) is 30.8. The molecule has 3 fully saturated rings. The predicted octanol–water partition coefficient (Wildman–Crippen LogP) is 16.6. The smallest absolute Gasteiger partial charge is 0.332 e. The number of carboxylic acid groups (broad SMARTS) is 1. The Hall–Kier alpha value is -8.84. The summed E-state index contributed by atoms with van der Waals surface area (Å²) in [4.78, 5) is 111. The molecule has 5 aliphatic rings. The highest BCUT2D eigenvalue weighted by Crippen LogP contribution is 2.60. The Balaban J connectivity index is 0.000000249. The highest BCUT2D eigenvalue weighted by Gasteiger charge is 2.55. The van der Waals surface area contributed by atoms with Gasteiger partial charge in [0.05, 0.1) is 29.1 Å². The summed E-state index contributed by atoms with van der Waals surface area (Å²) in [5.74, 6) is -2.89. The van der Waals surface area contributed by atoms with Crippen molar-refractivity contribution in [2.24, 2.45) is 57.9 Å². The zero-order valence-electron chi connectivity index (χ0n) is 64.2. The Labute approximate surface area is 622 Å². The zero-order chi connectivity index (χ0) is 77.6. The third-order valence-electron chi connectivity index (χ3n) is 21.2. The minimum atomic E-state index is -1.08. The number of aryl methyl sites for hydroxylation is 1. The van der Waals surface area contributed by atoms with Crippen LogP contribution < -0.4 is 0 Å². The van der Waals surface area contributed by atoms with Gasteiger partial charge in [-0.15, -0.1) is 0 Å². The molecule has 4 aromatic rings. The van der Waals surface area contributed by atoms with Gasteiger partial charge in [-0.1, -0.05) is 203 Å². The van der Waals surface area contributed by atoms with Crippen LogP contribution in [0.1, 0.15) is 223 Å². The number of carboxylic acids is 1. The van der Waals surface area contributed by atoms with E-state index in [1.165, 1.54) is 66.8 Å². The van der Waals surface area contributed by atoms with Crippen LogP contribution in [0.2, 0.25) is 0 Å². The standard InChI is InChI=1S/C30H31NO3.C19H26O8.C16H26O2.C11H18O5.C10H14/c1-5-17-30(18-6-2)26-14-10-9-13-24(26)25-16-15-22(19-27(25)30)29(33)28(31-34-21(4)32)23-12-8-7-11-20(23)3;1-4-12(3)18(23)26-11-13(10-25-16(20)5-2)27-19(24)15-9-7-6-8-14(15)17(21)22;1-4-16(2,3)15(17)18-14-9-10-8-13(14)12-7-5-6-11(10)12;1-4-8(3)11(14)16-7-9(12)6-15-10(13)5-2;1-3-9(2)10-7-5-4-6-8-10/h7-16,19H,5-6,17-18H2,1-4H3;5-7,12-15H,2,4,8-11H2,1,3H3,(H,21,22);10-14H,4-9H2,1-3H3;5,8-9,12H,2,4,6-7H2,1,3H3;4-9H,3H2,1-2H3/b31-28+;;;;. The van der Waals surface area contributed by atoms with Gasteiger partial charge in [-0.3, -0.25) is 28.8 Å². The Morgan fingerprint density at radius 3 is 1.78 bits per heavy atom. The SMILES string of the molecule is C=CC(=O)OCC(COC(=O)C(C)CC)OC(=O)C1CC=CCC1C(=O)O.C=CC(=O)OCC(O)COC(=O)C(C)CC.CCC(C)(C)C(=O)OC1CC2CC1C1CCCC21.CCC(C)c1ccccc1.CCCC1(CCC)c2ccccc2-c2ccc(C(=O)/C(=N/OC(C)=O)c3ccccc3C)cc21. The average molecular weight is 1450 g/mol. The van der Waals surface area contributed by atoms with Gasteiger partial charge in [0.15, 0.2) is 11.8 Å². The second-order valence-electron chi connectivity index (χ2n) is 28.9. The molecule has 0 spiro atoms. The number of nitrogens with zero attached hydrogens (tertiary/aromatic N) is 1. The van der Waals surface area contributed by atoms with Gasteiger partial charge in [0.2, 0.25) is 5.78 Å². The molecule has 0 heterocycles. The number of aliphatic hydroxyl groups excluding tert-OH is 1. The predicted molar refractivity (Wildman–Crippen MR) is 404 cm³/mol. The monoisotopic (exact) mass is 1450 g/mol. The number of carbonyl (C=O) groups excluding carboxylic acids is 8. The molecule has 2 bridgehead atoms. The maximum atomic E-state index is 13.8. The lowest BCUT2D eigenvalue weighted by atomic mass is 9.71. The number of oxime groups is 1. The number of esters is 6. The number of hydrogen-bond acceptors (Lipinski definition) is 18. The van der Waals surface area contributed by atoms with Crippen LogP contribution in [0.25, 0.3) is 11.1 Å². The Morgan fingerprint density at radius 1 is 0.648 bits per heavy atom. The number of allylic oxidation sites excluding steroid dienone is 2. The first-order valence-electron chi connectivity index (χ1n) is 37.6. The number of ketones is 1. The fourth-order valence-corrected chi connectivity index (χ4v) is 14.2. The van der Waals surface area contributed by atoms with Crippen LogP contribution in [0.3, 0.4) is 0 Å². The average Bonchev–Trinajstić information content (AvgIpc) is 1.58. The Bertz CT molecular complexity index is 3620. The number of benzene rings is 4. The molecule has 572 valence electrons. The van der Waals surface area contributed by atoms with Crippen LogP contribution in [0.5, 0.6) is 0 Å². The number of rotatable bonds is 30. The lowest BCUT2D eigenvalue weighted by Crippen LogP contribution is -2.37. The molecule has 0 radical (unpaired) electrons. The summed E-state index contributed by atoms with van der Waals surface area (Å²) in [7, 11) is 0. The van der Waals surface area contributed by atoms with Crippen LogP contribution in [0.15, 0.2) is 140 Å². The Morgan fingerprint density at radius 2 is 1.20 bits per heavy atom. The molecule has 0 aliphatic heterocycles. The number of fused-ring (bicyclic) bond motifs is 8. The summed E-state index contributed by atoms with van der Waals surface area (Å²) in [5, 5.41) is 22.6. The Kier molecular flexibility index (Phi) is 35.5. The highest BCUT2D eigenvalue weighted by atomic mass is 16.7. The second-order valence-corrected chi connectivity index (χ2v) is 28.9. The van der Waals surface area contributed by atoms with E-state index in [2.05, 4.69) is 118 Å². The van der Waals surface area contributed by atoms with E-state index in [-0.39, 0.29) is 91.5 Å². The number of aliphatic carboxylic acids is 1. The van der Waals surface area contributed by atoms with Crippen molar-refractivity contribution >= 4 is 59.2 Å². The quantitative estimate of drug-likeness (QED) is 0.00717. The third kappa shape index (κ3) is 24.6. The van der Waals surface area contributed by atoms with Crippen molar-refractivity contribution in [2.45, 2.75) is 216 Å². The van der Waals surface area contributed by atoms with Crippen LogP contribution in [0, 0.1) is 59.7 Å². The summed E-state index contributed by atoms with van der Waals surface area (Å²) < 4.78 is 30.6. The van der Waals surface area contributed by atoms with Crippen molar-refractivity contribution in [3.8, 4) is 11.1 Å². The number of aliphatic hydroxyl groups is 1. The van der Waals surface area contributed by atoms with Gasteiger partial charge in [-0.25, -0.2) is 14.4 Å². The molecule has 19 heteroatoms. The minimum absolute atomic E-state index is 0.0251. The minimum Gasteiger partial charge on any atom is -0.481 e. The van der Waals surface area contributed by atoms with E-state index in [1.54, 1.807) is 26.0 Å². The largest absolute Gasteiger partial charge is 0.481 e. The molecule has 4 aromatic carbocycles. The van der Waals surface area contributed by atoms with Crippen molar-refractivity contribution in [2.75, 3.05) is 26.4 Å². The van der Waals surface area contributed by atoms with Crippen molar-refractivity contribution in [3.05, 3.63) is 168 Å². The van der Waals surface area contributed by atoms with Crippen molar-refractivity contribution < 1.29 is 86.6 Å². The second kappa shape index (κ2) is 42.9. The summed E-state index contributed by atoms with van der Waals surface area (Å²) in [6, 6.07) is 32.7. The topological polar surface area (TPSA) is 271 Å². The molecule has 0 amide bonds. The lowest BCUT2D eigenvalue weighted by molar-refractivity contribution is -0.172. The maximum Gasteiger partial charge on any atom is 0.332 e. The number of carbonyl (C=O) groups is 9. The lowest BCUT2D eigenvalue weighted by Gasteiger charge is -2.33. The van der Waals surface area contributed by atoms with E-state index in [0.29, 0.717) is 35.8 Å². The summed E-state index contributed by atoms with van der Waals surface area (Å²) >= 11 is 0. The van der Waals surface area contributed by atoms with Gasteiger partial charge in [0.25, 0.3) is 0 Å². The zero-order valence-corrected chi connectivity index (χ0v) is 64.2. The summed E-state index contributed by atoms with van der Waals surface area (Å²) in [6.07, 6.45) is 18.3. The van der Waals surface area contributed by atoms with Gasteiger partial charge in [-0.2, -0.15) is 0 Å². The third-order valence-corrected chi connectivity index (χ3v) is 21.2. The van der Waals surface area contributed by atoms with Gasteiger partial charge in [0.1, 0.15) is 38.6 Å². The van der Waals surface area contributed by atoms with Crippen molar-refractivity contribution in [3.63, 3.8) is 0 Å². The fourth-order valence-electron chi connectivity index (χ4n) is 14.2. The number of hydrogen-bond donors (Lipinski definition) is 2. The highest BCUT2D eigenvalue weighted by molar-refractivity contribution is 6.51. The molecule has 105 heavy (non-hydrogen) atoms. The first-order chi connectivity index (χ1) is 50.1. The summed E-state index contributed by atoms with van der Waals surface area (Å²) in [5.41, 5.74) is 8.29. The molecule has 12 unspecified atom stereocenters. The number of Topliss-reactive ketones (excluding diaryl/α,β-unsaturated/α-hetero) is 1. The van der Waals surface area contributed by atoms with Gasteiger partial charge < -0.3 is 43.5 Å². The fraction of sp³-hybridized carbons (Fsp3) is 0.535. The van der Waals surface area contributed by atoms with E-state index in [0.717, 1.165) is 74.0 Å². The van der Waals surface area contributed by atoms with Crippen LogP contribution in [-0.2, 0) is 77.0 Å². The molecule has 12 atom stereocenters. The maximum absolute atomic E-state index is 13.8. The molecule has 0 saturated heterocycles. The van der Waals surface area contributed by atoms with Crippen molar-refractivity contribution in [1.82, 2.24) is 0 Å². The normalized spacial score (nSPS) is 20.4.